The van der Waals surface area contributed by atoms with Gasteiger partial charge in [-0.15, -0.1) is 21.5 Å². The Bertz CT molecular complexity index is 812. The lowest BCUT2D eigenvalue weighted by molar-refractivity contribution is -0.117. The maximum absolute atomic E-state index is 12.1. The van der Waals surface area contributed by atoms with E-state index in [2.05, 4.69) is 30.3 Å². The molecule has 2 aromatic rings. The predicted octanol–water partition coefficient (Wildman–Crippen LogP) is 2.44. The largest absolute Gasteiger partial charge is 0.341 e. The molecule has 1 aliphatic carbocycles. The van der Waals surface area contributed by atoms with Gasteiger partial charge in [-0.3, -0.25) is 14.7 Å². The molecule has 0 aromatic carbocycles. The van der Waals surface area contributed by atoms with Crippen LogP contribution in [-0.4, -0.2) is 52.1 Å². The van der Waals surface area contributed by atoms with Gasteiger partial charge in [0.2, 0.25) is 11.9 Å². The van der Waals surface area contributed by atoms with Gasteiger partial charge in [-0.1, -0.05) is 17.8 Å². The Kier molecular flexibility index (Phi) is 6.16. The van der Waals surface area contributed by atoms with Gasteiger partial charge in [0.05, 0.1) is 5.75 Å². The number of carbonyl (C=O) groups excluding carboxylic acids is 2. The summed E-state index contributed by atoms with van der Waals surface area (Å²) in [5, 5.41) is 16.5. The zero-order chi connectivity index (χ0) is 19.3. The van der Waals surface area contributed by atoms with E-state index in [0.29, 0.717) is 12.6 Å². The number of anilines is 1. The number of thiophene rings is 1. The molecule has 4 rings (SSSR count). The quantitative estimate of drug-likeness (QED) is 0.638. The maximum atomic E-state index is 12.1. The Morgan fingerprint density at radius 3 is 2.79 bits per heavy atom. The molecule has 0 unspecified atom stereocenters. The molecular formula is C18H24N6O2S2. The molecule has 1 aliphatic heterocycles. The van der Waals surface area contributed by atoms with E-state index in [-0.39, 0.29) is 11.7 Å². The Labute approximate surface area is 172 Å². The first-order valence-corrected chi connectivity index (χ1v) is 11.5. The second kappa shape index (κ2) is 8.95. The number of nitrogens with zero attached hydrogens (tertiary/aromatic N) is 4. The average molecular weight is 421 g/mol. The molecule has 150 valence electrons. The van der Waals surface area contributed by atoms with Crippen molar-refractivity contribution in [3.8, 4) is 0 Å². The molecule has 2 aromatic heterocycles. The summed E-state index contributed by atoms with van der Waals surface area (Å²) in [4.78, 5) is 27.5. The summed E-state index contributed by atoms with van der Waals surface area (Å²) in [6.45, 7) is 2.53. The van der Waals surface area contributed by atoms with Crippen molar-refractivity contribution in [3.63, 3.8) is 0 Å². The topological polar surface area (TPSA) is 92.2 Å². The maximum Gasteiger partial charge on any atom is 0.321 e. The highest BCUT2D eigenvalue weighted by Gasteiger charge is 2.32. The van der Waals surface area contributed by atoms with Crippen molar-refractivity contribution in [2.75, 3.05) is 30.3 Å². The number of hydrogen-bond donors (Lipinski definition) is 2. The number of aromatic nitrogens is 3. The fraction of sp³-hybridized carbons (Fsp3) is 0.556. The highest BCUT2D eigenvalue weighted by atomic mass is 32.2. The number of thioether (sulfide) groups is 1. The first-order chi connectivity index (χ1) is 13.7. The molecule has 0 spiro atoms. The van der Waals surface area contributed by atoms with Crippen LogP contribution in [0.5, 0.6) is 0 Å². The van der Waals surface area contributed by atoms with Gasteiger partial charge in [-0.25, -0.2) is 4.79 Å². The summed E-state index contributed by atoms with van der Waals surface area (Å²) < 4.78 is 2.17. The van der Waals surface area contributed by atoms with Crippen LogP contribution in [0.4, 0.5) is 10.7 Å². The first kappa shape index (κ1) is 19.3. The minimum Gasteiger partial charge on any atom is -0.341 e. The van der Waals surface area contributed by atoms with Gasteiger partial charge in [-0.2, -0.15) is 0 Å². The number of hydrogen-bond acceptors (Lipinski definition) is 7. The molecule has 1 saturated heterocycles. The molecule has 2 fully saturated rings. The SMILES string of the molecule is O=C(CSc1nnc(N2CCCC2)n1C1CC1)NC(=O)NCCc1cccs1. The lowest BCUT2D eigenvalue weighted by atomic mass is 10.3. The van der Waals surface area contributed by atoms with E-state index < -0.39 is 6.03 Å². The van der Waals surface area contributed by atoms with Crippen molar-refractivity contribution < 1.29 is 9.59 Å². The van der Waals surface area contributed by atoms with E-state index >= 15 is 0 Å². The monoisotopic (exact) mass is 420 g/mol. The normalized spacial score (nSPS) is 16.4. The van der Waals surface area contributed by atoms with Crippen molar-refractivity contribution in [2.24, 2.45) is 0 Å². The molecule has 28 heavy (non-hydrogen) atoms. The van der Waals surface area contributed by atoms with Gasteiger partial charge in [0.1, 0.15) is 0 Å². The number of imide groups is 1. The smallest absolute Gasteiger partial charge is 0.321 e. The van der Waals surface area contributed by atoms with Crippen LogP contribution in [0.1, 0.15) is 36.6 Å². The van der Waals surface area contributed by atoms with Crippen LogP contribution in [0.15, 0.2) is 22.7 Å². The van der Waals surface area contributed by atoms with Gasteiger partial charge in [0.25, 0.3) is 0 Å². The molecule has 3 amide bonds. The third-order valence-electron chi connectivity index (χ3n) is 4.77. The van der Waals surface area contributed by atoms with Gasteiger partial charge >= 0.3 is 6.03 Å². The van der Waals surface area contributed by atoms with Crippen molar-refractivity contribution >= 4 is 41.0 Å². The van der Waals surface area contributed by atoms with Gasteiger partial charge in [0, 0.05) is 30.6 Å². The molecule has 0 radical (unpaired) electrons. The summed E-state index contributed by atoms with van der Waals surface area (Å²) >= 11 is 2.99. The van der Waals surface area contributed by atoms with E-state index in [1.54, 1.807) is 11.3 Å². The standard InChI is InChI=1S/C18H24N6O2S2/c25-15(20-16(26)19-8-7-14-4-3-11-27-14)12-28-18-22-21-17(23-9-1-2-10-23)24(18)13-5-6-13/h3-4,11,13H,1-2,5-10,12H2,(H2,19,20,25,26). The number of carbonyl (C=O) groups is 2. The van der Waals surface area contributed by atoms with Crippen molar-refractivity contribution in [2.45, 2.75) is 43.3 Å². The summed E-state index contributed by atoms with van der Waals surface area (Å²) in [5.41, 5.74) is 0. The minimum atomic E-state index is -0.455. The van der Waals surface area contributed by atoms with Crippen LogP contribution in [0.2, 0.25) is 0 Å². The van der Waals surface area contributed by atoms with Gasteiger partial charge in [0.15, 0.2) is 5.16 Å². The number of nitrogens with one attached hydrogen (secondary N) is 2. The van der Waals surface area contributed by atoms with E-state index in [1.165, 1.54) is 29.5 Å². The molecule has 2 aliphatic rings. The average Bonchev–Trinajstić information content (AvgIpc) is 3.11. The second-order valence-corrected chi connectivity index (χ2v) is 8.97. The van der Waals surface area contributed by atoms with E-state index in [4.69, 9.17) is 0 Å². The Balaban J connectivity index is 1.24. The Hall–Kier alpha value is -2.07. The fourth-order valence-electron chi connectivity index (χ4n) is 3.24. The third-order valence-corrected chi connectivity index (χ3v) is 6.65. The molecule has 8 nitrogen and oxygen atoms in total. The van der Waals surface area contributed by atoms with Crippen LogP contribution < -0.4 is 15.5 Å². The minimum absolute atomic E-state index is 0.142. The number of urea groups is 1. The summed E-state index contributed by atoms with van der Waals surface area (Å²) in [7, 11) is 0. The number of amides is 3. The molecule has 2 N–H and O–H groups in total. The van der Waals surface area contributed by atoms with Gasteiger partial charge in [-0.05, 0) is 43.6 Å². The van der Waals surface area contributed by atoms with Crippen LogP contribution in [0, 0.1) is 0 Å². The van der Waals surface area contributed by atoms with Crippen LogP contribution in [-0.2, 0) is 11.2 Å². The molecule has 10 heteroatoms. The van der Waals surface area contributed by atoms with E-state index in [1.807, 2.05) is 17.5 Å². The van der Waals surface area contributed by atoms with Crippen LogP contribution in [0.3, 0.4) is 0 Å². The van der Waals surface area contributed by atoms with E-state index in [0.717, 1.165) is 43.5 Å². The highest BCUT2D eigenvalue weighted by Crippen LogP contribution is 2.41. The lowest BCUT2D eigenvalue weighted by Crippen LogP contribution is -2.41. The zero-order valence-corrected chi connectivity index (χ0v) is 17.2. The summed E-state index contributed by atoms with van der Waals surface area (Å²) in [5.74, 6) is 0.740. The predicted molar refractivity (Wildman–Crippen MR) is 110 cm³/mol. The lowest BCUT2D eigenvalue weighted by Gasteiger charge is -2.17. The zero-order valence-electron chi connectivity index (χ0n) is 15.6. The highest BCUT2D eigenvalue weighted by molar-refractivity contribution is 7.99. The molecule has 0 bridgehead atoms. The van der Waals surface area contributed by atoms with Crippen LogP contribution in [0.25, 0.3) is 0 Å². The second-order valence-electron chi connectivity index (χ2n) is 7.00. The fourth-order valence-corrected chi connectivity index (χ4v) is 4.75. The Morgan fingerprint density at radius 2 is 2.07 bits per heavy atom. The summed E-state index contributed by atoms with van der Waals surface area (Å²) in [6, 6.07) is 4.00. The number of rotatable bonds is 8. The van der Waals surface area contributed by atoms with Crippen molar-refractivity contribution in [1.29, 1.82) is 0 Å². The van der Waals surface area contributed by atoms with Gasteiger partial charge < -0.3 is 10.2 Å². The molecule has 0 atom stereocenters. The van der Waals surface area contributed by atoms with E-state index in [9.17, 15) is 9.59 Å². The summed E-state index contributed by atoms with van der Waals surface area (Å²) in [6.07, 6.45) is 5.39. The third kappa shape index (κ3) is 4.85. The molecule has 1 saturated carbocycles. The molecule has 3 heterocycles. The van der Waals surface area contributed by atoms with Crippen molar-refractivity contribution in [1.82, 2.24) is 25.4 Å². The van der Waals surface area contributed by atoms with Crippen molar-refractivity contribution in [3.05, 3.63) is 22.4 Å². The molecular weight excluding hydrogens is 396 g/mol. The first-order valence-electron chi connectivity index (χ1n) is 9.63. The Morgan fingerprint density at radius 1 is 1.25 bits per heavy atom. The van der Waals surface area contributed by atoms with Crippen LogP contribution >= 0.6 is 23.1 Å².